The summed E-state index contributed by atoms with van der Waals surface area (Å²) < 4.78 is 71.6. The summed E-state index contributed by atoms with van der Waals surface area (Å²) >= 11 is 5.93. The van der Waals surface area contributed by atoms with E-state index in [1.165, 1.54) is 11.0 Å². The molecule has 0 saturated carbocycles. The van der Waals surface area contributed by atoms with E-state index in [2.05, 4.69) is 4.74 Å². The summed E-state index contributed by atoms with van der Waals surface area (Å²) in [5, 5.41) is -0.00280. The average Bonchev–Trinajstić information content (AvgIpc) is 3.09. The van der Waals surface area contributed by atoms with E-state index in [0.29, 0.717) is 24.9 Å². The van der Waals surface area contributed by atoms with Gasteiger partial charge in [-0.15, -0.1) is 13.2 Å². The molecule has 6 nitrogen and oxygen atoms in total. The first kappa shape index (κ1) is 20.8. The number of alkyl halides is 3. The molecule has 1 unspecified atom stereocenters. The molecular formula is C17H17ClF3NO5S. The second-order valence-corrected chi connectivity index (χ2v) is 8.53. The molecular weight excluding hydrogens is 423 g/mol. The molecule has 2 aliphatic heterocycles. The Bertz CT molecular complexity index is 958. The van der Waals surface area contributed by atoms with Gasteiger partial charge < -0.3 is 13.8 Å². The molecule has 1 atom stereocenters. The topological polar surface area (TPSA) is 72.9 Å². The summed E-state index contributed by atoms with van der Waals surface area (Å²) in [4.78, 5) is 14.4. The highest BCUT2D eigenvalue weighted by atomic mass is 35.5. The third kappa shape index (κ3) is 4.07. The molecule has 1 amide bonds. The normalized spacial score (nSPS) is 20.0. The molecule has 2 heterocycles. The zero-order valence-corrected chi connectivity index (χ0v) is 16.5. The zero-order chi connectivity index (χ0) is 20.9. The minimum atomic E-state index is -5.03. The Labute approximate surface area is 165 Å². The van der Waals surface area contributed by atoms with Crippen LogP contribution in [0, 0.1) is 0 Å². The number of carbonyl (C=O) groups is 1. The predicted octanol–water partition coefficient (Wildman–Crippen LogP) is 3.49. The highest BCUT2D eigenvalue weighted by Gasteiger charge is 2.47. The maximum absolute atomic E-state index is 13.0. The smallest absolute Gasteiger partial charge is 0.405 e. The van der Waals surface area contributed by atoms with Crippen molar-refractivity contribution < 1.29 is 35.3 Å². The second-order valence-electron chi connectivity index (χ2n) is 6.52. The van der Waals surface area contributed by atoms with Gasteiger partial charge in [0.1, 0.15) is 5.75 Å². The van der Waals surface area contributed by atoms with Gasteiger partial charge in [0.25, 0.3) is 5.91 Å². The lowest BCUT2D eigenvalue weighted by atomic mass is 9.95. The lowest BCUT2D eigenvalue weighted by molar-refractivity contribution is -0.274. The molecule has 1 aromatic rings. The number of hydrogen-bond donors (Lipinski definition) is 0. The van der Waals surface area contributed by atoms with Crippen LogP contribution >= 0.6 is 11.6 Å². The van der Waals surface area contributed by atoms with Crippen molar-refractivity contribution in [3.8, 4) is 5.75 Å². The van der Waals surface area contributed by atoms with E-state index in [1.54, 1.807) is 6.92 Å². The first-order chi connectivity index (χ1) is 12.9. The van der Waals surface area contributed by atoms with Crippen molar-refractivity contribution >= 4 is 33.2 Å². The van der Waals surface area contributed by atoms with Crippen LogP contribution in [-0.4, -0.2) is 44.4 Å². The van der Waals surface area contributed by atoms with Crippen molar-refractivity contribution in [3.05, 3.63) is 34.0 Å². The van der Waals surface area contributed by atoms with E-state index in [9.17, 15) is 26.4 Å². The fourth-order valence-corrected chi connectivity index (χ4v) is 4.34. The van der Waals surface area contributed by atoms with E-state index in [4.69, 9.17) is 15.8 Å². The highest BCUT2D eigenvalue weighted by molar-refractivity contribution is 7.86. The third-order valence-corrected chi connectivity index (χ3v) is 5.22. The first-order valence-electron chi connectivity index (χ1n) is 8.44. The molecule has 11 heteroatoms. The van der Waals surface area contributed by atoms with Crippen LogP contribution in [0.15, 0.2) is 17.9 Å². The first-order valence-corrected chi connectivity index (χ1v) is 10.6. The minimum absolute atomic E-state index is 0.00280. The molecule has 0 aromatic heterocycles. The number of ether oxygens (including phenoxy) is 1. The van der Waals surface area contributed by atoms with Crippen LogP contribution in [0.1, 0.15) is 30.9 Å². The van der Waals surface area contributed by atoms with Crippen LogP contribution in [0.2, 0.25) is 5.02 Å². The molecule has 1 saturated heterocycles. The Hall–Kier alpha value is -1.94. The Kier molecular flexibility index (Phi) is 5.30. The molecule has 1 fully saturated rings. The van der Waals surface area contributed by atoms with Gasteiger partial charge in [-0.3, -0.25) is 4.79 Å². The van der Waals surface area contributed by atoms with Gasteiger partial charge in [0.15, 0.2) is 5.76 Å². The molecule has 0 radical (unpaired) electrons. The zero-order valence-electron chi connectivity index (χ0n) is 15.0. The SMILES string of the molecule is CCc1cc(Cl)cc(OC(F)(F)F)c1C1=C(OS(C)(=O)=O)C2CCCN2C1=O. The van der Waals surface area contributed by atoms with Crippen LogP contribution in [0.25, 0.3) is 5.57 Å². The van der Waals surface area contributed by atoms with Gasteiger partial charge >= 0.3 is 16.5 Å². The van der Waals surface area contributed by atoms with Gasteiger partial charge in [0, 0.05) is 17.1 Å². The number of rotatable bonds is 5. The van der Waals surface area contributed by atoms with Crippen molar-refractivity contribution in [1.82, 2.24) is 4.90 Å². The van der Waals surface area contributed by atoms with Crippen molar-refractivity contribution in [2.75, 3.05) is 12.8 Å². The van der Waals surface area contributed by atoms with E-state index in [0.717, 1.165) is 12.3 Å². The number of carbonyl (C=O) groups excluding carboxylic acids is 1. The Morgan fingerprint density at radius 1 is 1.32 bits per heavy atom. The Morgan fingerprint density at radius 3 is 2.57 bits per heavy atom. The van der Waals surface area contributed by atoms with Crippen molar-refractivity contribution in [2.45, 2.75) is 38.6 Å². The van der Waals surface area contributed by atoms with E-state index >= 15 is 0 Å². The molecule has 0 N–H and O–H groups in total. The number of aryl methyl sites for hydroxylation is 1. The van der Waals surface area contributed by atoms with Gasteiger partial charge in [-0.05, 0) is 37.0 Å². The van der Waals surface area contributed by atoms with Gasteiger partial charge in [-0.25, -0.2) is 0 Å². The Morgan fingerprint density at radius 2 is 2.00 bits per heavy atom. The van der Waals surface area contributed by atoms with Crippen LogP contribution in [0.4, 0.5) is 13.2 Å². The van der Waals surface area contributed by atoms with Crippen molar-refractivity contribution in [3.63, 3.8) is 0 Å². The average molecular weight is 440 g/mol. The lowest BCUT2D eigenvalue weighted by Gasteiger charge is -2.18. The maximum atomic E-state index is 13.0. The quantitative estimate of drug-likeness (QED) is 0.657. The number of nitrogens with zero attached hydrogens (tertiary/aromatic N) is 1. The Balaban J connectivity index is 2.29. The van der Waals surface area contributed by atoms with Crippen LogP contribution in [0.3, 0.4) is 0 Å². The molecule has 0 spiro atoms. The maximum Gasteiger partial charge on any atom is 0.573 e. The fourth-order valence-electron chi connectivity index (χ4n) is 3.59. The standard InChI is InChI=1S/C17H17ClF3NO5S/c1-3-9-7-10(18)8-12(26-17(19,20)21)13(9)14-15(27-28(2,24)25)11-5-4-6-22(11)16(14)23/h7-8,11H,3-6H2,1-2H3. The van der Waals surface area contributed by atoms with Crippen LogP contribution in [-0.2, 0) is 25.5 Å². The number of fused-ring (bicyclic) bond motifs is 1. The van der Waals surface area contributed by atoms with Crippen LogP contribution < -0.4 is 4.74 Å². The third-order valence-electron chi connectivity index (χ3n) is 4.52. The predicted molar refractivity (Wildman–Crippen MR) is 95.1 cm³/mol. The number of hydrogen-bond acceptors (Lipinski definition) is 5. The summed E-state index contributed by atoms with van der Waals surface area (Å²) in [6, 6.07) is 1.73. The molecule has 1 aromatic carbocycles. The fraction of sp³-hybridized carbons (Fsp3) is 0.471. The molecule has 0 bridgehead atoms. The second kappa shape index (κ2) is 7.14. The summed E-state index contributed by atoms with van der Waals surface area (Å²) in [5.74, 6) is -1.43. The minimum Gasteiger partial charge on any atom is -0.405 e. The summed E-state index contributed by atoms with van der Waals surface area (Å²) in [6.07, 6.45) is -2.90. The number of amides is 1. The molecule has 154 valence electrons. The van der Waals surface area contributed by atoms with E-state index in [-0.39, 0.29) is 28.3 Å². The van der Waals surface area contributed by atoms with Gasteiger partial charge in [0.05, 0.1) is 17.9 Å². The number of benzene rings is 1. The molecule has 3 rings (SSSR count). The summed E-state index contributed by atoms with van der Waals surface area (Å²) in [7, 11) is -4.01. The molecule has 28 heavy (non-hydrogen) atoms. The summed E-state index contributed by atoms with van der Waals surface area (Å²) in [5.41, 5.74) is -0.0731. The van der Waals surface area contributed by atoms with Gasteiger partial charge in [0.2, 0.25) is 0 Å². The molecule has 0 aliphatic carbocycles. The summed E-state index contributed by atoms with van der Waals surface area (Å²) in [6.45, 7) is 2.03. The van der Waals surface area contributed by atoms with E-state index in [1.807, 2.05) is 0 Å². The number of halogens is 4. The van der Waals surface area contributed by atoms with Crippen LogP contribution in [0.5, 0.6) is 5.75 Å². The monoisotopic (exact) mass is 439 g/mol. The van der Waals surface area contributed by atoms with Gasteiger partial charge in [-0.2, -0.15) is 8.42 Å². The van der Waals surface area contributed by atoms with Crippen molar-refractivity contribution in [1.29, 1.82) is 0 Å². The molecule has 2 aliphatic rings. The van der Waals surface area contributed by atoms with E-state index < -0.39 is 34.2 Å². The largest absolute Gasteiger partial charge is 0.573 e. The van der Waals surface area contributed by atoms with Crippen molar-refractivity contribution in [2.24, 2.45) is 0 Å². The lowest BCUT2D eigenvalue weighted by Crippen LogP contribution is -2.30. The highest BCUT2D eigenvalue weighted by Crippen LogP contribution is 2.45. The van der Waals surface area contributed by atoms with Gasteiger partial charge in [-0.1, -0.05) is 18.5 Å².